The Labute approximate surface area is 244 Å². The van der Waals surface area contributed by atoms with Crippen molar-refractivity contribution >= 4 is 23.9 Å². The summed E-state index contributed by atoms with van der Waals surface area (Å²) in [4.78, 5) is 54.6. The Kier molecular flexibility index (Phi) is 11.9. The summed E-state index contributed by atoms with van der Waals surface area (Å²) >= 11 is 0. The first kappa shape index (κ1) is 33.3. The van der Waals surface area contributed by atoms with Crippen LogP contribution < -0.4 is 10.6 Å². The second-order valence-corrected chi connectivity index (χ2v) is 11.9. The molecule has 2 aromatic carbocycles. The van der Waals surface area contributed by atoms with Gasteiger partial charge in [-0.25, -0.2) is 4.79 Å². The van der Waals surface area contributed by atoms with E-state index in [0.717, 1.165) is 11.1 Å². The average Bonchev–Trinajstić information content (AvgIpc) is 2.86. The number of hydrogen-bond acceptors (Lipinski definition) is 6. The molecule has 3 amide bonds. The minimum absolute atomic E-state index is 0.000365. The lowest BCUT2D eigenvalue weighted by Gasteiger charge is -2.43. The third-order valence-corrected chi connectivity index (χ3v) is 6.16. The lowest BCUT2D eigenvalue weighted by atomic mass is 9.92. The molecule has 9 heteroatoms. The lowest BCUT2D eigenvalue weighted by molar-refractivity contribution is -0.149. The molecule has 2 unspecified atom stereocenters. The van der Waals surface area contributed by atoms with Crippen LogP contribution in [0.4, 0.5) is 4.79 Å². The highest BCUT2D eigenvalue weighted by Gasteiger charge is 2.42. The summed E-state index contributed by atoms with van der Waals surface area (Å²) in [6, 6.07) is 14.6. The van der Waals surface area contributed by atoms with E-state index in [-0.39, 0.29) is 26.0 Å². The number of esters is 1. The molecule has 0 saturated heterocycles. The van der Waals surface area contributed by atoms with Gasteiger partial charge in [-0.3, -0.25) is 14.4 Å². The molecule has 0 heterocycles. The van der Waals surface area contributed by atoms with Gasteiger partial charge in [0.15, 0.2) is 0 Å². The van der Waals surface area contributed by atoms with Crippen LogP contribution in [0.15, 0.2) is 54.6 Å². The normalized spacial score (nSPS) is 13.0. The molecule has 2 rings (SSSR count). The van der Waals surface area contributed by atoms with E-state index in [9.17, 15) is 19.2 Å². The van der Waals surface area contributed by atoms with Crippen LogP contribution in [0.5, 0.6) is 0 Å². The highest BCUT2D eigenvalue weighted by molar-refractivity contribution is 5.93. The van der Waals surface area contributed by atoms with Crippen LogP contribution in [0, 0.1) is 6.92 Å². The SMILES string of the molecule is CCOC(=O)CCNC(=O)C(c1ccccc1C)N(C(=O)C(Cc1ccccc1)NC(=O)OC(C)(C)C)C(C)(C)C. The van der Waals surface area contributed by atoms with Crippen molar-refractivity contribution in [1.29, 1.82) is 0 Å². The predicted molar refractivity (Wildman–Crippen MR) is 158 cm³/mol. The number of benzene rings is 2. The highest BCUT2D eigenvalue weighted by atomic mass is 16.6. The van der Waals surface area contributed by atoms with Crippen molar-refractivity contribution in [2.45, 2.75) is 91.5 Å². The van der Waals surface area contributed by atoms with E-state index < -0.39 is 47.1 Å². The summed E-state index contributed by atoms with van der Waals surface area (Å²) in [6.45, 7) is 14.7. The number of carbonyl (C=O) groups excluding carboxylic acids is 4. The molecule has 2 aromatic rings. The number of rotatable bonds is 11. The lowest BCUT2D eigenvalue weighted by Crippen LogP contribution is -2.59. The van der Waals surface area contributed by atoms with E-state index >= 15 is 0 Å². The highest BCUT2D eigenvalue weighted by Crippen LogP contribution is 2.32. The van der Waals surface area contributed by atoms with Gasteiger partial charge in [0.05, 0.1) is 13.0 Å². The van der Waals surface area contributed by atoms with Gasteiger partial charge in [-0.1, -0.05) is 54.6 Å². The minimum Gasteiger partial charge on any atom is -0.466 e. The molecule has 2 N–H and O–H groups in total. The predicted octanol–water partition coefficient (Wildman–Crippen LogP) is 4.87. The third kappa shape index (κ3) is 10.6. The topological polar surface area (TPSA) is 114 Å². The van der Waals surface area contributed by atoms with Gasteiger partial charge in [0, 0.05) is 18.5 Å². The van der Waals surface area contributed by atoms with E-state index in [1.54, 1.807) is 27.7 Å². The van der Waals surface area contributed by atoms with Gasteiger partial charge in [-0.15, -0.1) is 0 Å². The van der Waals surface area contributed by atoms with Crippen LogP contribution in [0.3, 0.4) is 0 Å². The van der Waals surface area contributed by atoms with E-state index in [2.05, 4.69) is 10.6 Å². The van der Waals surface area contributed by atoms with E-state index in [1.807, 2.05) is 82.3 Å². The van der Waals surface area contributed by atoms with Crippen LogP contribution in [-0.4, -0.2) is 59.1 Å². The van der Waals surface area contributed by atoms with Crippen molar-refractivity contribution in [2.75, 3.05) is 13.2 Å². The quantitative estimate of drug-likeness (QED) is 0.375. The molecular formula is C32H45N3O6. The zero-order valence-corrected chi connectivity index (χ0v) is 25.6. The molecule has 0 radical (unpaired) electrons. The molecule has 0 aliphatic heterocycles. The van der Waals surface area contributed by atoms with Crippen molar-refractivity contribution in [3.63, 3.8) is 0 Å². The Morgan fingerprint density at radius 2 is 1.51 bits per heavy atom. The van der Waals surface area contributed by atoms with E-state index in [1.165, 1.54) is 4.90 Å². The number of nitrogens with one attached hydrogen (secondary N) is 2. The summed E-state index contributed by atoms with van der Waals surface area (Å²) in [5.41, 5.74) is 0.686. The summed E-state index contributed by atoms with van der Waals surface area (Å²) in [5.74, 6) is -1.31. The number of nitrogens with zero attached hydrogens (tertiary/aromatic N) is 1. The minimum atomic E-state index is -1.04. The van der Waals surface area contributed by atoms with Gasteiger partial charge in [0.25, 0.3) is 0 Å². The standard InChI is InChI=1S/C32H45N3O6/c1-9-40-26(36)19-20-33-28(37)27(24-18-14-13-15-22(24)2)35(31(3,4)5)29(38)25(21-23-16-11-10-12-17-23)34-30(39)41-32(6,7)8/h10-18,25,27H,9,19-21H2,1-8H3,(H,33,37)(H,34,39). The Hall–Kier alpha value is -3.88. The van der Waals surface area contributed by atoms with Crippen LogP contribution >= 0.6 is 0 Å². The Balaban J connectivity index is 2.54. The summed E-state index contributed by atoms with van der Waals surface area (Å²) < 4.78 is 10.5. The molecule has 0 aliphatic rings. The van der Waals surface area contributed by atoms with Crippen molar-refractivity contribution < 1.29 is 28.7 Å². The van der Waals surface area contributed by atoms with Crippen LogP contribution in [0.25, 0.3) is 0 Å². The molecule has 0 spiro atoms. The Bertz CT molecular complexity index is 1180. The maximum absolute atomic E-state index is 14.5. The van der Waals surface area contributed by atoms with Gasteiger partial charge >= 0.3 is 12.1 Å². The summed E-state index contributed by atoms with van der Waals surface area (Å²) in [6.07, 6.45) is -0.538. The van der Waals surface area contributed by atoms with Gasteiger partial charge in [-0.2, -0.15) is 0 Å². The number of ether oxygens (including phenoxy) is 2. The second kappa shape index (κ2) is 14.7. The van der Waals surface area contributed by atoms with Gasteiger partial charge in [0.1, 0.15) is 17.7 Å². The van der Waals surface area contributed by atoms with Gasteiger partial charge in [0.2, 0.25) is 11.8 Å². The van der Waals surface area contributed by atoms with Crippen molar-refractivity contribution in [2.24, 2.45) is 0 Å². The van der Waals surface area contributed by atoms with Crippen LogP contribution in [0.1, 0.15) is 77.6 Å². The molecular weight excluding hydrogens is 522 g/mol. The fourth-order valence-corrected chi connectivity index (χ4v) is 4.42. The molecule has 0 fully saturated rings. The zero-order chi connectivity index (χ0) is 30.8. The van der Waals surface area contributed by atoms with Crippen LogP contribution in [-0.2, 0) is 30.3 Å². The van der Waals surface area contributed by atoms with Crippen molar-refractivity contribution in [3.05, 3.63) is 71.3 Å². The van der Waals surface area contributed by atoms with Crippen molar-refractivity contribution in [3.8, 4) is 0 Å². The number of amides is 3. The van der Waals surface area contributed by atoms with E-state index in [0.29, 0.717) is 5.56 Å². The summed E-state index contributed by atoms with van der Waals surface area (Å²) in [7, 11) is 0. The van der Waals surface area contributed by atoms with Gasteiger partial charge in [-0.05, 0) is 72.1 Å². The van der Waals surface area contributed by atoms with E-state index in [4.69, 9.17) is 9.47 Å². The van der Waals surface area contributed by atoms with Crippen molar-refractivity contribution in [1.82, 2.24) is 15.5 Å². The largest absolute Gasteiger partial charge is 0.466 e. The monoisotopic (exact) mass is 567 g/mol. The number of aryl methyl sites for hydroxylation is 1. The zero-order valence-electron chi connectivity index (χ0n) is 25.6. The number of carbonyl (C=O) groups is 4. The molecule has 0 aromatic heterocycles. The first-order valence-electron chi connectivity index (χ1n) is 14.0. The molecule has 2 atom stereocenters. The molecule has 224 valence electrons. The molecule has 0 saturated carbocycles. The van der Waals surface area contributed by atoms with Crippen LogP contribution in [0.2, 0.25) is 0 Å². The number of alkyl carbamates (subject to hydrolysis) is 1. The third-order valence-electron chi connectivity index (χ3n) is 6.16. The first-order valence-corrected chi connectivity index (χ1v) is 14.0. The maximum atomic E-state index is 14.5. The van der Waals surface area contributed by atoms with Gasteiger partial charge < -0.3 is 25.0 Å². The molecule has 9 nitrogen and oxygen atoms in total. The molecule has 0 aliphatic carbocycles. The molecule has 41 heavy (non-hydrogen) atoms. The smallest absolute Gasteiger partial charge is 0.408 e. The first-order chi connectivity index (χ1) is 19.1. The Morgan fingerprint density at radius 3 is 2.07 bits per heavy atom. The Morgan fingerprint density at radius 1 is 0.902 bits per heavy atom. The second-order valence-electron chi connectivity index (χ2n) is 11.9. The fraction of sp³-hybridized carbons (Fsp3) is 0.500. The number of hydrogen-bond donors (Lipinski definition) is 2. The maximum Gasteiger partial charge on any atom is 0.408 e. The fourth-order valence-electron chi connectivity index (χ4n) is 4.42. The average molecular weight is 568 g/mol. The molecule has 0 bridgehead atoms. The summed E-state index contributed by atoms with van der Waals surface area (Å²) in [5, 5.41) is 5.58.